The van der Waals surface area contributed by atoms with Crippen LogP contribution in [0.3, 0.4) is 0 Å². The molecule has 1 unspecified atom stereocenters. The maximum Gasteiger partial charge on any atom is 0.328 e. The Labute approximate surface area is 127 Å². The molecule has 21 heavy (non-hydrogen) atoms. The van der Waals surface area contributed by atoms with Crippen molar-refractivity contribution in [3.63, 3.8) is 0 Å². The largest absolute Gasteiger partial charge is 0.356 e. The number of nitrogens with one attached hydrogen (secondary N) is 2. The Balaban J connectivity index is 1.96. The number of aliphatic hydroxyl groups excluding tert-OH is 1. The predicted molar refractivity (Wildman–Crippen MR) is 81.6 cm³/mol. The molecular formula is C15H29N3O3. The number of aliphatic hydroxyl groups is 1. The molecule has 0 aromatic rings. The fourth-order valence-electron chi connectivity index (χ4n) is 2.50. The fourth-order valence-corrected chi connectivity index (χ4v) is 2.50. The number of nitrogens with zero attached hydrogens (tertiary/aromatic N) is 1. The van der Waals surface area contributed by atoms with Crippen LogP contribution in [-0.4, -0.2) is 35.0 Å². The Morgan fingerprint density at radius 3 is 2.00 bits per heavy atom. The molecule has 1 fully saturated rings. The van der Waals surface area contributed by atoms with Crippen molar-refractivity contribution in [1.29, 1.82) is 0 Å². The maximum absolute atomic E-state index is 11.5. The smallest absolute Gasteiger partial charge is 0.328 e. The van der Waals surface area contributed by atoms with E-state index in [0.717, 1.165) is 19.3 Å². The summed E-state index contributed by atoms with van der Waals surface area (Å²) >= 11 is 0. The van der Waals surface area contributed by atoms with Crippen LogP contribution < -0.4 is 10.6 Å². The van der Waals surface area contributed by atoms with Gasteiger partial charge in [0.25, 0.3) is 0 Å². The van der Waals surface area contributed by atoms with E-state index in [1.807, 2.05) is 0 Å². The van der Waals surface area contributed by atoms with Crippen LogP contribution in [0.5, 0.6) is 0 Å². The van der Waals surface area contributed by atoms with Crippen LogP contribution in [0.4, 0.5) is 9.59 Å². The average Bonchev–Trinajstić information content (AvgIpc) is 2.43. The van der Waals surface area contributed by atoms with Crippen LogP contribution in [-0.2, 0) is 0 Å². The molecule has 0 bridgehead atoms. The molecule has 1 aliphatic heterocycles. The molecule has 0 spiro atoms. The number of carbonyl (C=O) groups is 2. The van der Waals surface area contributed by atoms with E-state index in [1.165, 1.54) is 49.8 Å². The van der Waals surface area contributed by atoms with Gasteiger partial charge in [-0.1, -0.05) is 64.7 Å². The molecule has 6 heteroatoms. The third kappa shape index (κ3) is 7.32. The van der Waals surface area contributed by atoms with Gasteiger partial charge in [0.2, 0.25) is 6.35 Å². The van der Waals surface area contributed by atoms with Gasteiger partial charge in [-0.2, -0.15) is 0 Å². The summed E-state index contributed by atoms with van der Waals surface area (Å²) in [7, 11) is 0. The Morgan fingerprint density at radius 2 is 1.48 bits per heavy atom. The van der Waals surface area contributed by atoms with E-state index < -0.39 is 18.4 Å². The van der Waals surface area contributed by atoms with E-state index in [1.54, 1.807) is 0 Å². The number of hydrogen-bond acceptors (Lipinski definition) is 3. The lowest BCUT2D eigenvalue weighted by Gasteiger charge is -2.32. The number of urea groups is 2. The molecule has 0 aromatic heterocycles. The second-order valence-corrected chi connectivity index (χ2v) is 5.65. The zero-order valence-electron chi connectivity index (χ0n) is 13.1. The highest BCUT2D eigenvalue weighted by Crippen LogP contribution is 2.11. The molecule has 0 aromatic carbocycles. The number of imide groups is 1. The van der Waals surface area contributed by atoms with Crippen molar-refractivity contribution < 1.29 is 14.7 Å². The van der Waals surface area contributed by atoms with Crippen LogP contribution in [0.1, 0.15) is 71.1 Å². The molecule has 6 nitrogen and oxygen atoms in total. The lowest BCUT2D eigenvalue weighted by atomic mass is 10.1. The highest BCUT2D eigenvalue weighted by atomic mass is 16.3. The van der Waals surface area contributed by atoms with Gasteiger partial charge in [0, 0.05) is 6.54 Å². The summed E-state index contributed by atoms with van der Waals surface area (Å²) < 4.78 is 0. The van der Waals surface area contributed by atoms with Gasteiger partial charge in [-0.25, -0.2) is 9.59 Å². The molecule has 1 atom stereocenters. The summed E-state index contributed by atoms with van der Waals surface area (Å²) in [5.74, 6) is 0. The minimum atomic E-state index is -1.20. The number of unbranched alkanes of at least 4 members (excludes halogenated alkanes) is 9. The predicted octanol–water partition coefficient (Wildman–Crippen LogP) is 2.92. The van der Waals surface area contributed by atoms with E-state index in [0.29, 0.717) is 6.54 Å². The Kier molecular flexibility index (Phi) is 8.82. The molecule has 1 heterocycles. The summed E-state index contributed by atoms with van der Waals surface area (Å²) in [5, 5.41) is 14.0. The highest BCUT2D eigenvalue weighted by molar-refractivity contribution is 5.95. The molecule has 1 rings (SSSR count). The third-order valence-corrected chi connectivity index (χ3v) is 3.79. The first-order valence-corrected chi connectivity index (χ1v) is 8.21. The molecule has 0 aliphatic carbocycles. The van der Waals surface area contributed by atoms with Gasteiger partial charge in [0.1, 0.15) is 0 Å². The lowest BCUT2D eigenvalue weighted by Crippen LogP contribution is -2.63. The Morgan fingerprint density at radius 1 is 0.952 bits per heavy atom. The van der Waals surface area contributed by atoms with Crippen LogP contribution in [0.2, 0.25) is 0 Å². The standard InChI is InChI=1S/C15H29N3O3/c1-2-3-4-5-6-7-8-9-10-11-12-18-14(20)16-13(19)17-15(18)21/h14,20H,2-12H2,1H3,(H2,16,17,19,21). The first kappa shape index (κ1) is 17.8. The maximum atomic E-state index is 11.5. The van der Waals surface area contributed by atoms with Gasteiger partial charge in [0.05, 0.1) is 0 Å². The first-order chi connectivity index (χ1) is 10.1. The van der Waals surface area contributed by atoms with E-state index in [4.69, 9.17) is 0 Å². The van der Waals surface area contributed by atoms with Gasteiger partial charge in [0.15, 0.2) is 0 Å². The van der Waals surface area contributed by atoms with Crippen LogP contribution in [0.25, 0.3) is 0 Å². The topological polar surface area (TPSA) is 81.7 Å². The normalized spacial score (nSPS) is 18.6. The lowest BCUT2D eigenvalue weighted by molar-refractivity contribution is 0.00399. The highest BCUT2D eigenvalue weighted by Gasteiger charge is 2.29. The number of rotatable bonds is 11. The molecular weight excluding hydrogens is 270 g/mol. The molecule has 0 saturated carbocycles. The SMILES string of the molecule is CCCCCCCCCCCCN1C(=O)NC(=O)NC1O. The Hall–Kier alpha value is -1.30. The van der Waals surface area contributed by atoms with E-state index in [-0.39, 0.29) is 0 Å². The quantitative estimate of drug-likeness (QED) is 0.513. The van der Waals surface area contributed by atoms with Crippen molar-refractivity contribution in [3.8, 4) is 0 Å². The summed E-state index contributed by atoms with van der Waals surface area (Å²) in [6, 6.07) is -1.17. The van der Waals surface area contributed by atoms with Gasteiger partial charge >= 0.3 is 12.1 Å². The van der Waals surface area contributed by atoms with E-state index >= 15 is 0 Å². The van der Waals surface area contributed by atoms with Crippen molar-refractivity contribution in [2.45, 2.75) is 77.5 Å². The minimum Gasteiger partial charge on any atom is -0.356 e. The van der Waals surface area contributed by atoms with Crippen LogP contribution in [0.15, 0.2) is 0 Å². The van der Waals surface area contributed by atoms with Gasteiger partial charge in [-0.05, 0) is 6.42 Å². The number of carbonyl (C=O) groups excluding carboxylic acids is 2. The number of hydrogen-bond donors (Lipinski definition) is 3. The minimum absolute atomic E-state index is 0.462. The molecule has 0 radical (unpaired) electrons. The zero-order chi connectivity index (χ0) is 15.5. The second kappa shape index (κ2) is 10.4. The first-order valence-electron chi connectivity index (χ1n) is 8.21. The van der Waals surface area contributed by atoms with Crippen molar-refractivity contribution in [1.82, 2.24) is 15.5 Å². The van der Waals surface area contributed by atoms with Crippen LogP contribution >= 0.6 is 0 Å². The van der Waals surface area contributed by atoms with Gasteiger partial charge in [-0.15, -0.1) is 0 Å². The fraction of sp³-hybridized carbons (Fsp3) is 0.867. The van der Waals surface area contributed by atoms with Crippen molar-refractivity contribution in [2.24, 2.45) is 0 Å². The zero-order valence-corrected chi connectivity index (χ0v) is 13.1. The van der Waals surface area contributed by atoms with Crippen molar-refractivity contribution >= 4 is 12.1 Å². The summed E-state index contributed by atoms with van der Waals surface area (Å²) in [5.41, 5.74) is 0. The Bertz CT molecular complexity index is 323. The monoisotopic (exact) mass is 299 g/mol. The summed E-state index contributed by atoms with van der Waals surface area (Å²) in [6.45, 7) is 2.69. The van der Waals surface area contributed by atoms with Crippen molar-refractivity contribution in [3.05, 3.63) is 0 Å². The van der Waals surface area contributed by atoms with Gasteiger partial charge < -0.3 is 5.11 Å². The van der Waals surface area contributed by atoms with Crippen molar-refractivity contribution in [2.75, 3.05) is 6.54 Å². The third-order valence-electron chi connectivity index (χ3n) is 3.79. The second-order valence-electron chi connectivity index (χ2n) is 5.65. The molecule has 3 N–H and O–H groups in total. The summed E-state index contributed by atoms with van der Waals surface area (Å²) in [4.78, 5) is 23.7. The summed E-state index contributed by atoms with van der Waals surface area (Å²) in [6.07, 6.45) is 11.0. The average molecular weight is 299 g/mol. The van der Waals surface area contributed by atoms with Gasteiger partial charge in [-0.3, -0.25) is 15.5 Å². The number of amides is 4. The molecule has 1 aliphatic rings. The molecule has 122 valence electrons. The van der Waals surface area contributed by atoms with E-state index in [9.17, 15) is 14.7 Å². The molecule has 1 saturated heterocycles. The molecule has 4 amide bonds. The van der Waals surface area contributed by atoms with E-state index in [2.05, 4.69) is 17.6 Å². The van der Waals surface area contributed by atoms with Crippen LogP contribution in [0, 0.1) is 0 Å².